The number of hydrogen-bond donors (Lipinski definition) is 1. The lowest BCUT2D eigenvalue weighted by atomic mass is 10.2. The van der Waals surface area contributed by atoms with Crippen molar-refractivity contribution in [2.45, 2.75) is 84.0 Å². The smallest absolute Gasteiger partial charge is 0.303 e. The van der Waals surface area contributed by atoms with E-state index in [2.05, 4.69) is 55.5 Å². The first kappa shape index (κ1) is 22.4. The van der Waals surface area contributed by atoms with Crippen molar-refractivity contribution in [3.8, 4) is 0 Å². The number of carboxylic acid groups (broad SMARTS) is 1. The van der Waals surface area contributed by atoms with Gasteiger partial charge in [-0.3, -0.25) is 4.79 Å². The lowest BCUT2D eigenvalue weighted by Gasteiger charge is -1.92. The number of aliphatic carboxylic acids is 1. The fraction of sp³-hybridized carbons (Fsp3) is 0.591. The quantitative estimate of drug-likeness (QED) is 0.244. The highest BCUT2D eigenvalue weighted by atomic mass is 16.4. The van der Waals surface area contributed by atoms with Gasteiger partial charge in [0.1, 0.15) is 0 Å². The first-order valence-electron chi connectivity index (χ1n) is 9.59. The molecule has 2 heteroatoms. The molecule has 0 aromatic rings. The zero-order valence-electron chi connectivity index (χ0n) is 15.5. The standard InChI is InChI=1S/C22H36O2/c1-2-3-4-5-6-7-8-9-10-11-12-13-14-15-16-17-18-19-20-21-22(23)24/h6-7,9-10,13-14,17-18H,2-5,8,11-12,15-16,19-21H2,1H3,(H,23,24). The predicted molar refractivity (Wildman–Crippen MR) is 105 cm³/mol. The summed E-state index contributed by atoms with van der Waals surface area (Å²) in [6.45, 7) is 2.24. The van der Waals surface area contributed by atoms with Crippen LogP contribution in [0.15, 0.2) is 48.6 Å². The van der Waals surface area contributed by atoms with Crippen LogP contribution >= 0.6 is 0 Å². The molecule has 0 aliphatic rings. The summed E-state index contributed by atoms with van der Waals surface area (Å²) in [6.07, 6.45) is 30.3. The van der Waals surface area contributed by atoms with E-state index in [1.54, 1.807) is 0 Å². The molecule has 0 bridgehead atoms. The lowest BCUT2D eigenvalue weighted by Crippen LogP contribution is -1.92. The summed E-state index contributed by atoms with van der Waals surface area (Å²) < 4.78 is 0. The van der Waals surface area contributed by atoms with Crippen molar-refractivity contribution >= 4 is 5.97 Å². The molecule has 0 heterocycles. The summed E-state index contributed by atoms with van der Waals surface area (Å²) in [6, 6.07) is 0. The third-order valence-electron chi connectivity index (χ3n) is 3.67. The summed E-state index contributed by atoms with van der Waals surface area (Å²) in [7, 11) is 0. The molecule has 0 aliphatic heterocycles. The van der Waals surface area contributed by atoms with Gasteiger partial charge in [0.05, 0.1) is 0 Å². The molecule has 136 valence electrons. The van der Waals surface area contributed by atoms with Gasteiger partial charge in [0, 0.05) is 6.42 Å². The van der Waals surface area contributed by atoms with E-state index in [9.17, 15) is 4.79 Å². The molecule has 0 aliphatic carbocycles. The van der Waals surface area contributed by atoms with Gasteiger partial charge in [-0.1, -0.05) is 68.4 Å². The van der Waals surface area contributed by atoms with Crippen LogP contribution in [0.5, 0.6) is 0 Å². The summed E-state index contributed by atoms with van der Waals surface area (Å²) >= 11 is 0. The van der Waals surface area contributed by atoms with Crippen molar-refractivity contribution in [3.63, 3.8) is 0 Å². The highest BCUT2D eigenvalue weighted by Crippen LogP contribution is 2.02. The van der Waals surface area contributed by atoms with E-state index in [-0.39, 0.29) is 6.42 Å². The van der Waals surface area contributed by atoms with E-state index in [1.165, 1.54) is 25.7 Å². The van der Waals surface area contributed by atoms with Crippen LogP contribution in [-0.4, -0.2) is 11.1 Å². The minimum Gasteiger partial charge on any atom is -0.481 e. The van der Waals surface area contributed by atoms with Crippen LogP contribution in [-0.2, 0) is 4.79 Å². The normalized spacial score (nSPS) is 12.4. The molecule has 2 nitrogen and oxygen atoms in total. The van der Waals surface area contributed by atoms with E-state index < -0.39 is 5.97 Å². The number of carboxylic acids is 1. The maximum atomic E-state index is 10.3. The number of rotatable bonds is 16. The summed E-state index contributed by atoms with van der Waals surface area (Å²) in [5.74, 6) is -0.705. The second-order valence-electron chi connectivity index (χ2n) is 6.06. The van der Waals surface area contributed by atoms with Gasteiger partial charge in [-0.05, 0) is 57.8 Å². The van der Waals surface area contributed by atoms with Crippen molar-refractivity contribution < 1.29 is 9.90 Å². The average Bonchev–Trinajstić information content (AvgIpc) is 2.56. The van der Waals surface area contributed by atoms with Gasteiger partial charge in [-0.15, -0.1) is 0 Å². The molecule has 0 fully saturated rings. The van der Waals surface area contributed by atoms with Crippen molar-refractivity contribution in [1.82, 2.24) is 0 Å². The summed E-state index contributed by atoms with van der Waals surface area (Å²) in [4.78, 5) is 10.3. The van der Waals surface area contributed by atoms with Crippen LogP contribution in [0.2, 0.25) is 0 Å². The minimum atomic E-state index is -0.705. The number of hydrogen-bond acceptors (Lipinski definition) is 1. The SMILES string of the molecule is CCCCCC=CCC=CCCC=CCCC=CCCCC(=O)O. The van der Waals surface area contributed by atoms with Gasteiger partial charge in [-0.25, -0.2) is 0 Å². The van der Waals surface area contributed by atoms with E-state index in [4.69, 9.17) is 5.11 Å². The molecule has 0 atom stereocenters. The van der Waals surface area contributed by atoms with Gasteiger partial charge >= 0.3 is 5.97 Å². The zero-order valence-corrected chi connectivity index (χ0v) is 15.5. The molecule has 0 unspecified atom stereocenters. The predicted octanol–water partition coefficient (Wildman–Crippen LogP) is 7.00. The topological polar surface area (TPSA) is 37.3 Å². The molecule has 24 heavy (non-hydrogen) atoms. The molecular formula is C22H36O2. The van der Waals surface area contributed by atoms with Crippen LogP contribution in [0.1, 0.15) is 84.0 Å². The van der Waals surface area contributed by atoms with Crippen molar-refractivity contribution in [1.29, 1.82) is 0 Å². The van der Waals surface area contributed by atoms with Gasteiger partial charge in [0.25, 0.3) is 0 Å². The third kappa shape index (κ3) is 20.4. The molecule has 0 saturated heterocycles. The van der Waals surface area contributed by atoms with Crippen LogP contribution in [0, 0.1) is 0 Å². The van der Waals surface area contributed by atoms with E-state index >= 15 is 0 Å². The third-order valence-corrected chi connectivity index (χ3v) is 3.67. The van der Waals surface area contributed by atoms with Crippen molar-refractivity contribution in [2.24, 2.45) is 0 Å². The molecule has 1 N–H and O–H groups in total. The number of carbonyl (C=O) groups is 1. The molecule has 0 aromatic heterocycles. The second-order valence-corrected chi connectivity index (χ2v) is 6.06. The van der Waals surface area contributed by atoms with Crippen LogP contribution in [0.25, 0.3) is 0 Å². The Labute approximate surface area is 149 Å². The average molecular weight is 333 g/mol. The number of allylic oxidation sites excluding steroid dienone is 8. The van der Waals surface area contributed by atoms with Gasteiger partial charge in [0.2, 0.25) is 0 Å². The lowest BCUT2D eigenvalue weighted by molar-refractivity contribution is -0.137. The Bertz CT molecular complexity index is 389. The van der Waals surface area contributed by atoms with Crippen molar-refractivity contribution in [2.75, 3.05) is 0 Å². The number of unbranched alkanes of at least 4 members (excludes halogenated alkanes) is 6. The fourth-order valence-corrected chi connectivity index (χ4v) is 2.25. The maximum Gasteiger partial charge on any atom is 0.303 e. The van der Waals surface area contributed by atoms with Crippen LogP contribution in [0.4, 0.5) is 0 Å². The van der Waals surface area contributed by atoms with E-state index in [0.717, 1.165) is 44.9 Å². The molecule has 0 radical (unpaired) electrons. The van der Waals surface area contributed by atoms with Gasteiger partial charge in [-0.2, -0.15) is 0 Å². The largest absolute Gasteiger partial charge is 0.481 e. The highest BCUT2D eigenvalue weighted by Gasteiger charge is 1.92. The molecular weight excluding hydrogens is 296 g/mol. The Morgan fingerprint density at radius 2 is 1.12 bits per heavy atom. The van der Waals surface area contributed by atoms with Gasteiger partial charge < -0.3 is 5.11 Å². The fourth-order valence-electron chi connectivity index (χ4n) is 2.25. The Morgan fingerprint density at radius 1 is 0.667 bits per heavy atom. The zero-order chi connectivity index (χ0) is 17.7. The summed E-state index contributed by atoms with van der Waals surface area (Å²) in [5, 5.41) is 8.52. The molecule has 0 spiro atoms. The van der Waals surface area contributed by atoms with Crippen molar-refractivity contribution in [3.05, 3.63) is 48.6 Å². The first-order chi connectivity index (χ1) is 11.8. The Morgan fingerprint density at radius 3 is 1.67 bits per heavy atom. The highest BCUT2D eigenvalue weighted by molar-refractivity contribution is 5.66. The Hall–Kier alpha value is -1.57. The molecule has 0 aromatic carbocycles. The van der Waals surface area contributed by atoms with Crippen LogP contribution in [0.3, 0.4) is 0 Å². The first-order valence-corrected chi connectivity index (χ1v) is 9.59. The Kier molecular flexibility index (Phi) is 18.2. The molecule has 0 rings (SSSR count). The van der Waals surface area contributed by atoms with E-state index in [0.29, 0.717) is 0 Å². The second kappa shape index (κ2) is 19.5. The summed E-state index contributed by atoms with van der Waals surface area (Å²) in [5.41, 5.74) is 0. The Balaban J connectivity index is 3.35. The van der Waals surface area contributed by atoms with Gasteiger partial charge in [0.15, 0.2) is 0 Å². The molecule has 0 amide bonds. The molecule has 0 saturated carbocycles. The maximum absolute atomic E-state index is 10.3. The van der Waals surface area contributed by atoms with E-state index in [1.807, 2.05) is 0 Å². The monoisotopic (exact) mass is 332 g/mol. The van der Waals surface area contributed by atoms with Crippen LogP contribution < -0.4 is 0 Å². The minimum absolute atomic E-state index is 0.270.